The summed E-state index contributed by atoms with van der Waals surface area (Å²) in [5.41, 5.74) is 6.17. The Labute approximate surface area is 128 Å². The first-order valence-corrected chi connectivity index (χ1v) is 6.51. The Morgan fingerprint density at radius 3 is 2.48 bits per heavy atom. The van der Waals surface area contributed by atoms with Crippen molar-refractivity contribution in [2.24, 2.45) is 5.73 Å². The van der Waals surface area contributed by atoms with Crippen LogP contribution in [0.25, 0.3) is 11.4 Å². The van der Waals surface area contributed by atoms with E-state index in [2.05, 4.69) is 14.7 Å². The van der Waals surface area contributed by atoms with Crippen LogP contribution in [-0.2, 0) is 17.6 Å². The van der Waals surface area contributed by atoms with Gasteiger partial charge in [-0.25, -0.2) is 4.79 Å². The fraction of sp³-hybridized carbons (Fsp3) is 0.308. The van der Waals surface area contributed by atoms with Gasteiger partial charge in [0, 0.05) is 5.56 Å². The first-order valence-electron chi connectivity index (χ1n) is 6.51. The first kappa shape index (κ1) is 16.7. The number of rotatable bonds is 5. The predicted octanol–water partition coefficient (Wildman–Crippen LogP) is 2.59. The van der Waals surface area contributed by atoms with Crippen LogP contribution in [0.4, 0.5) is 18.0 Å². The molecule has 23 heavy (non-hydrogen) atoms. The number of carbonyl (C=O) groups is 1. The van der Waals surface area contributed by atoms with Crippen molar-refractivity contribution in [2.45, 2.75) is 19.6 Å². The van der Waals surface area contributed by atoms with E-state index in [1.165, 1.54) is 12.1 Å². The van der Waals surface area contributed by atoms with Crippen molar-refractivity contribution in [3.05, 3.63) is 35.7 Å². The van der Waals surface area contributed by atoms with Crippen molar-refractivity contribution in [3.8, 4) is 11.4 Å². The Morgan fingerprint density at radius 2 is 2.00 bits per heavy atom. The van der Waals surface area contributed by atoms with E-state index in [0.717, 1.165) is 5.06 Å². The van der Waals surface area contributed by atoms with Gasteiger partial charge in [0.05, 0.1) is 13.2 Å². The number of carbonyl (C=O) groups excluding carboxylic acids is 1. The number of nitrogens with two attached hydrogens (primary N) is 1. The highest BCUT2D eigenvalue weighted by molar-refractivity contribution is 5.70. The second kappa shape index (κ2) is 6.65. The minimum atomic E-state index is -4.69. The Bertz CT molecular complexity index is 670. The third-order valence-electron chi connectivity index (χ3n) is 2.74. The van der Waals surface area contributed by atoms with Gasteiger partial charge in [0.25, 0.3) is 0 Å². The molecule has 2 rings (SSSR count). The molecular formula is C13H13F3N4O3. The Hall–Kier alpha value is -2.62. The number of aromatic nitrogens is 2. The maximum atomic E-state index is 12.4. The van der Waals surface area contributed by atoms with Gasteiger partial charge in [0.1, 0.15) is 0 Å². The molecule has 0 fully saturated rings. The molecule has 2 N–H and O–H groups in total. The maximum Gasteiger partial charge on any atom is 0.471 e. The average molecular weight is 330 g/mol. The van der Waals surface area contributed by atoms with E-state index in [1.54, 1.807) is 19.1 Å². The van der Waals surface area contributed by atoms with Gasteiger partial charge in [-0.1, -0.05) is 29.4 Å². The molecular weight excluding hydrogens is 317 g/mol. The molecule has 2 amide bonds. The fourth-order valence-corrected chi connectivity index (χ4v) is 1.72. The highest BCUT2D eigenvalue weighted by atomic mass is 19.4. The van der Waals surface area contributed by atoms with Crippen LogP contribution in [0, 0.1) is 0 Å². The number of halogens is 3. The Balaban J connectivity index is 2.13. The summed E-state index contributed by atoms with van der Waals surface area (Å²) < 4.78 is 41.4. The lowest BCUT2D eigenvalue weighted by Gasteiger charge is -2.18. The molecule has 1 aromatic heterocycles. The number of nitrogens with zero attached hydrogens (tertiary/aromatic N) is 3. The zero-order valence-electron chi connectivity index (χ0n) is 12.0. The summed E-state index contributed by atoms with van der Waals surface area (Å²) in [6, 6.07) is 5.45. The Morgan fingerprint density at radius 1 is 1.35 bits per heavy atom. The number of alkyl halides is 3. The van der Waals surface area contributed by atoms with Gasteiger partial charge in [-0.3, -0.25) is 4.84 Å². The topological polar surface area (TPSA) is 94.5 Å². The number of hydrogen-bond donors (Lipinski definition) is 1. The molecule has 0 saturated carbocycles. The molecule has 1 heterocycles. The summed E-state index contributed by atoms with van der Waals surface area (Å²) in [5, 5.41) is 4.26. The number of primary amides is 1. The molecule has 1 aromatic carbocycles. The van der Waals surface area contributed by atoms with Crippen molar-refractivity contribution < 1.29 is 27.3 Å². The van der Waals surface area contributed by atoms with Crippen LogP contribution >= 0.6 is 0 Å². The van der Waals surface area contributed by atoms with Crippen molar-refractivity contribution in [1.29, 1.82) is 0 Å². The van der Waals surface area contributed by atoms with Crippen LogP contribution in [0.2, 0.25) is 0 Å². The molecule has 0 saturated heterocycles. The number of urea groups is 1. The van der Waals surface area contributed by atoms with E-state index in [4.69, 9.17) is 10.6 Å². The molecule has 0 aliphatic carbocycles. The summed E-state index contributed by atoms with van der Waals surface area (Å²) in [6.07, 6.45) is -4.69. The molecule has 0 unspecified atom stereocenters. The van der Waals surface area contributed by atoms with E-state index in [0.29, 0.717) is 11.1 Å². The second-order valence-electron chi connectivity index (χ2n) is 4.41. The summed E-state index contributed by atoms with van der Waals surface area (Å²) in [5.74, 6) is -1.59. The minimum Gasteiger partial charge on any atom is -0.350 e. The zero-order valence-corrected chi connectivity index (χ0v) is 12.0. The van der Waals surface area contributed by atoms with Crippen LogP contribution in [0.1, 0.15) is 18.4 Å². The van der Waals surface area contributed by atoms with Gasteiger partial charge < -0.3 is 10.3 Å². The van der Waals surface area contributed by atoms with Crippen LogP contribution in [0.5, 0.6) is 0 Å². The van der Waals surface area contributed by atoms with Crippen LogP contribution in [-0.4, -0.2) is 27.8 Å². The molecule has 2 aromatic rings. The summed E-state index contributed by atoms with van der Waals surface area (Å²) in [6.45, 7) is 2.07. The lowest BCUT2D eigenvalue weighted by molar-refractivity contribution is -0.159. The standard InChI is InChI=1S/C13H13F3N4O3/c1-2-22-20(12(17)21)7-8-3-5-9(6-4-8)10-18-11(23-19-10)13(14,15)16/h3-6H,2,7H2,1H3,(H2,17,21). The third kappa shape index (κ3) is 4.19. The fourth-order valence-electron chi connectivity index (χ4n) is 1.72. The normalized spacial score (nSPS) is 11.5. The molecule has 0 aliphatic rings. The van der Waals surface area contributed by atoms with E-state index in [9.17, 15) is 18.0 Å². The quantitative estimate of drug-likeness (QED) is 0.850. The molecule has 0 spiro atoms. The number of benzene rings is 1. The molecule has 7 nitrogen and oxygen atoms in total. The van der Waals surface area contributed by atoms with Crippen LogP contribution < -0.4 is 5.73 Å². The predicted molar refractivity (Wildman–Crippen MR) is 71.5 cm³/mol. The molecule has 10 heteroatoms. The van der Waals surface area contributed by atoms with Crippen molar-refractivity contribution in [1.82, 2.24) is 15.2 Å². The van der Waals surface area contributed by atoms with E-state index < -0.39 is 18.1 Å². The number of hydrogen-bond acceptors (Lipinski definition) is 5. The summed E-state index contributed by atoms with van der Waals surface area (Å²) >= 11 is 0. The monoisotopic (exact) mass is 330 g/mol. The summed E-state index contributed by atoms with van der Waals surface area (Å²) in [4.78, 5) is 19.5. The first-order chi connectivity index (χ1) is 10.8. The van der Waals surface area contributed by atoms with E-state index in [-0.39, 0.29) is 19.0 Å². The van der Waals surface area contributed by atoms with Crippen molar-refractivity contribution in [3.63, 3.8) is 0 Å². The second-order valence-corrected chi connectivity index (χ2v) is 4.41. The largest absolute Gasteiger partial charge is 0.471 e. The zero-order chi connectivity index (χ0) is 17.0. The maximum absolute atomic E-state index is 12.4. The van der Waals surface area contributed by atoms with E-state index in [1.807, 2.05) is 0 Å². The van der Waals surface area contributed by atoms with Crippen molar-refractivity contribution >= 4 is 6.03 Å². The van der Waals surface area contributed by atoms with Gasteiger partial charge in [0.15, 0.2) is 0 Å². The summed E-state index contributed by atoms with van der Waals surface area (Å²) in [7, 11) is 0. The minimum absolute atomic E-state index is 0.101. The highest BCUT2D eigenvalue weighted by Crippen LogP contribution is 2.29. The average Bonchev–Trinajstić information content (AvgIpc) is 2.97. The number of hydroxylamine groups is 2. The third-order valence-corrected chi connectivity index (χ3v) is 2.74. The van der Waals surface area contributed by atoms with Crippen molar-refractivity contribution in [2.75, 3.05) is 6.61 Å². The molecule has 0 aliphatic heterocycles. The van der Waals surface area contributed by atoms with Gasteiger partial charge >= 0.3 is 18.1 Å². The number of amides is 2. The molecule has 0 bridgehead atoms. The van der Waals surface area contributed by atoms with Gasteiger partial charge in [-0.05, 0) is 12.5 Å². The van der Waals surface area contributed by atoms with Crippen LogP contribution in [0.3, 0.4) is 0 Å². The highest BCUT2D eigenvalue weighted by Gasteiger charge is 2.38. The molecule has 0 radical (unpaired) electrons. The Kier molecular flexibility index (Phi) is 4.84. The van der Waals surface area contributed by atoms with Gasteiger partial charge in [0.2, 0.25) is 5.82 Å². The van der Waals surface area contributed by atoms with Gasteiger partial charge in [-0.15, -0.1) is 0 Å². The van der Waals surface area contributed by atoms with E-state index >= 15 is 0 Å². The molecule has 0 atom stereocenters. The van der Waals surface area contributed by atoms with Crippen LogP contribution in [0.15, 0.2) is 28.8 Å². The SMILES string of the molecule is CCON(Cc1ccc(-c2noc(C(F)(F)F)n2)cc1)C(N)=O. The lowest BCUT2D eigenvalue weighted by atomic mass is 10.1. The lowest BCUT2D eigenvalue weighted by Crippen LogP contribution is -2.35. The van der Waals surface area contributed by atoms with Gasteiger partial charge in [-0.2, -0.15) is 23.2 Å². The molecule has 124 valence electrons. The smallest absolute Gasteiger partial charge is 0.350 e.